The third-order valence-corrected chi connectivity index (χ3v) is 4.55. The van der Waals surface area contributed by atoms with E-state index in [0.717, 1.165) is 16.8 Å². The Labute approximate surface area is 162 Å². The van der Waals surface area contributed by atoms with Crippen LogP contribution in [0.4, 0.5) is 0 Å². The second-order valence-corrected chi connectivity index (χ2v) is 7.91. The Morgan fingerprint density at radius 2 is 1.90 bits per heavy atom. The standard InChI is InChI=1S/C14H21N4O10P/c19-7(16-6-29(25,26)27)2-1-4-15-12(23)11-9(21)10(22)13(28-11)18-5-3-8(20)17-14(18)24/h3,5,9-11,13,21-22H,1-2,4,6H2,(H,15,23)(H,16,19)(H,17,20,24)(H2,25,26,27)/t9-,10-,11-,13+/m0/s1. The summed E-state index contributed by atoms with van der Waals surface area (Å²) in [5.41, 5.74) is -1.56. The van der Waals surface area contributed by atoms with Crippen molar-refractivity contribution in [3.63, 3.8) is 0 Å². The molecule has 7 N–H and O–H groups in total. The highest BCUT2D eigenvalue weighted by Crippen LogP contribution is 2.32. The van der Waals surface area contributed by atoms with E-state index in [-0.39, 0.29) is 19.4 Å². The molecule has 1 saturated heterocycles. The Bertz CT molecular complexity index is 908. The molecule has 29 heavy (non-hydrogen) atoms. The molecule has 0 aliphatic carbocycles. The largest absolute Gasteiger partial charge is 0.387 e. The summed E-state index contributed by atoms with van der Waals surface area (Å²) in [7, 11) is -4.35. The van der Waals surface area contributed by atoms with Crippen LogP contribution < -0.4 is 21.9 Å². The minimum absolute atomic E-state index is 0.0197. The Balaban J connectivity index is 1.85. The van der Waals surface area contributed by atoms with E-state index in [9.17, 15) is 34.0 Å². The minimum Gasteiger partial charge on any atom is -0.387 e. The highest BCUT2D eigenvalue weighted by atomic mass is 31.2. The second-order valence-electron chi connectivity index (χ2n) is 6.26. The number of carbonyl (C=O) groups excluding carboxylic acids is 2. The Kier molecular flexibility index (Phi) is 7.46. The number of hydrogen-bond acceptors (Lipinski definition) is 8. The van der Waals surface area contributed by atoms with E-state index >= 15 is 0 Å². The van der Waals surface area contributed by atoms with Gasteiger partial charge in [0.15, 0.2) is 12.3 Å². The normalized spacial score (nSPS) is 24.3. The molecule has 0 radical (unpaired) electrons. The van der Waals surface area contributed by atoms with Crippen LogP contribution in [0.2, 0.25) is 0 Å². The van der Waals surface area contributed by atoms with E-state index in [4.69, 9.17) is 14.5 Å². The molecule has 1 aliphatic rings. The van der Waals surface area contributed by atoms with Crippen LogP contribution in [0.5, 0.6) is 0 Å². The molecule has 162 valence electrons. The number of aromatic amines is 1. The highest BCUT2D eigenvalue weighted by molar-refractivity contribution is 7.51. The first kappa shape index (κ1) is 22.9. The number of nitrogens with zero attached hydrogens (tertiary/aromatic N) is 1. The SMILES string of the molecule is O=C(CCCNC(=O)[C@H]1O[C@@H](n2ccc(=O)[nH]c2=O)[C@@H](O)[C@@H]1O)NCP(=O)(O)O. The zero-order valence-corrected chi connectivity index (χ0v) is 15.8. The highest BCUT2D eigenvalue weighted by Gasteiger charge is 2.47. The molecule has 0 aromatic carbocycles. The van der Waals surface area contributed by atoms with E-state index in [1.54, 1.807) is 0 Å². The van der Waals surface area contributed by atoms with E-state index in [2.05, 4.69) is 5.32 Å². The molecule has 1 fully saturated rings. The lowest BCUT2D eigenvalue weighted by Crippen LogP contribution is -2.43. The van der Waals surface area contributed by atoms with Crippen molar-refractivity contribution in [2.45, 2.75) is 37.4 Å². The molecule has 2 rings (SSSR count). The number of ether oxygens (including phenoxy) is 1. The van der Waals surface area contributed by atoms with Crippen molar-refractivity contribution in [1.82, 2.24) is 20.2 Å². The smallest absolute Gasteiger partial charge is 0.344 e. The summed E-state index contributed by atoms with van der Waals surface area (Å²) < 4.78 is 16.8. The predicted octanol–water partition coefficient (Wildman–Crippen LogP) is -3.70. The number of H-pyrrole nitrogens is 1. The van der Waals surface area contributed by atoms with Gasteiger partial charge in [-0.15, -0.1) is 0 Å². The van der Waals surface area contributed by atoms with Gasteiger partial charge in [0.2, 0.25) is 5.91 Å². The number of aromatic nitrogens is 2. The van der Waals surface area contributed by atoms with Gasteiger partial charge in [-0.05, 0) is 6.42 Å². The molecule has 0 saturated carbocycles. The van der Waals surface area contributed by atoms with E-state index < -0.39 is 61.5 Å². The average Bonchev–Trinajstić information content (AvgIpc) is 2.92. The number of rotatable bonds is 8. The summed E-state index contributed by atoms with van der Waals surface area (Å²) >= 11 is 0. The predicted molar refractivity (Wildman–Crippen MR) is 94.5 cm³/mol. The third kappa shape index (κ3) is 6.32. The Hall–Kier alpha value is -2.35. The fourth-order valence-electron chi connectivity index (χ4n) is 2.57. The topological polar surface area (TPSA) is 220 Å². The molecule has 4 atom stereocenters. The molecule has 1 aliphatic heterocycles. The van der Waals surface area contributed by atoms with E-state index in [0.29, 0.717) is 0 Å². The van der Waals surface area contributed by atoms with Crippen molar-refractivity contribution >= 4 is 19.4 Å². The van der Waals surface area contributed by atoms with Crippen molar-refractivity contribution in [1.29, 1.82) is 0 Å². The number of nitrogens with one attached hydrogen (secondary N) is 3. The molecule has 1 aromatic heterocycles. The molecular formula is C14H21N4O10P. The first-order valence-corrected chi connectivity index (χ1v) is 10.2. The summed E-state index contributed by atoms with van der Waals surface area (Å²) in [5, 5.41) is 24.5. The number of aliphatic hydroxyl groups excluding tert-OH is 2. The Morgan fingerprint density at radius 3 is 2.52 bits per heavy atom. The van der Waals surface area contributed by atoms with Gasteiger partial charge in [-0.25, -0.2) is 4.79 Å². The van der Waals surface area contributed by atoms with Gasteiger partial charge in [-0.1, -0.05) is 0 Å². The number of carbonyl (C=O) groups is 2. The third-order valence-electron chi connectivity index (χ3n) is 3.98. The van der Waals surface area contributed by atoms with Crippen LogP contribution in [0.3, 0.4) is 0 Å². The van der Waals surface area contributed by atoms with Crippen LogP contribution >= 0.6 is 7.60 Å². The minimum atomic E-state index is -4.35. The summed E-state index contributed by atoms with van der Waals surface area (Å²) in [6, 6.07) is 1.01. The van der Waals surface area contributed by atoms with Crippen LogP contribution in [-0.2, 0) is 18.9 Å². The lowest BCUT2D eigenvalue weighted by atomic mass is 10.1. The molecule has 14 nitrogen and oxygen atoms in total. The van der Waals surface area contributed by atoms with Gasteiger partial charge in [0.25, 0.3) is 11.5 Å². The monoisotopic (exact) mass is 436 g/mol. The van der Waals surface area contributed by atoms with Gasteiger partial charge < -0.3 is 35.4 Å². The maximum Gasteiger partial charge on any atom is 0.344 e. The maximum absolute atomic E-state index is 12.2. The lowest BCUT2D eigenvalue weighted by Gasteiger charge is -2.16. The zero-order valence-electron chi connectivity index (χ0n) is 14.9. The number of amides is 2. The summed E-state index contributed by atoms with van der Waals surface area (Å²) in [6.45, 7) is -0.0197. The molecular weight excluding hydrogens is 415 g/mol. The van der Waals surface area contributed by atoms with Crippen molar-refractivity contribution in [3.8, 4) is 0 Å². The fraction of sp³-hybridized carbons (Fsp3) is 0.571. The quantitative estimate of drug-likeness (QED) is 0.156. The first-order chi connectivity index (χ1) is 13.5. The van der Waals surface area contributed by atoms with Gasteiger partial charge in [0, 0.05) is 25.2 Å². The van der Waals surface area contributed by atoms with Crippen LogP contribution in [-0.4, -0.2) is 72.5 Å². The number of aliphatic hydroxyl groups is 2. The van der Waals surface area contributed by atoms with Crippen molar-refractivity contribution in [2.24, 2.45) is 0 Å². The van der Waals surface area contributed by atoms with Crippen molar-refractivity contribution < 1.29 is 38.9 Å². The van der Waals surface area contributed by atoms with Crippen molar-refractivity contribution in [2.75, 3.05) is 12.8 Å². The van der Waals surface area contributed by atoms with Gasteiger partial charge in [0.05, 0.1) is 0 Å². The summed E-state index contributed by atoms with van der Waals surface area (Å²) in [6.07, 6.45) is -5.89. The lowest BCUT2D eigenvalue weighted by molar-refractivity contribution is -0.138. The maximum atomic E-state index is 12.2. The molecule has 0 bridgehead atoms. The number of hydrogen-bond donors (Lipinski definition) is 7. The Morgan fingerprint density at radius 1 is 1.21 bits per heavy atom. The fourth-order valence-corrected chi connectivity index (χ4v) is 2.96. The van der Waals surface area contributed by atoms with Crippen molar-refractivity contribution in [3.05, 3.63) is 33.1 Å². The molecule has 1 aromatic rings. The summed E-state index contributed by atoms with van der Waals surface area (Å²) in [5.74, 6) is -1.42. The van der Waals surface area contributed by atoms with E-state index in [1.807, 2.05) is 10.3 Å². The second kappa shape index (κ2) is 9.43. The molecule has 0 unspecified atom stereocenters. The molecule has 0 spiro atoms. The molecule has 2 amide bonds. The van der Waals surface area contributed by atoms with Gasteiger partial charge in [-0.2, -0.15) is 0 Å². The van der Waals surface area contributed by atoms with E-state index in [1.165, 1.54) is 0 Å². The first-order valence-electron chi connectivity index (χ1n) is 8.41. The van der Waals surface area contributed by atoms with Crippen LogP contribution in [0, 0.1) is 0 Å². The van der Waals surface area contributed by atoms with Crippen LogP contribution in [0.1, 0.15) is 19.1 Å². The molecule has 2 heterocycles. The van der Waals surface area contributed by atoms with Gasteiger partial charge >= 0.3 is 13.3 Å². The summed E-state index contributed by atoms with van der Waals surface area (Å²) in [4.78, 5) is 65.8. The van der Waals surface area contributed by atoms with Crippen LogP contribution in [0.15, 0.2) is 21.9 Å². The zero-order chi connectivity index (χ0) is 21.8. The van der Waals surface area contributed by atoms with Gasteiger partial charge in [0.1, 0.15) is 18.5 Å². The van der Waals surface area contributed by atoms with Gasteiger partial charge in [-0.3, -0.25) is 28.5 Å². The average molecular weight is 436 g/mol. The van der Waals surface area contributed by atoms with Crippen LogP contribution in [0.25, 0.3) is 0 Å². The molecule has 15 heteroatoms.